The highest BCUT2D eigenvalue weighted by atomic mass is 19.1. The summed E-state index contributed by atoms with van der Waals surface area (Å²) in [6.45, 7) is 0. The van der Waals surface area contributed by atoms with Gasteiger partial charge in [-0.05, 0) is 86.0 Å². The lowest BCUT2D eigenvalue weighted by molar-refractivity contribution is 0.225. The zero-order valence-electron chi connectivity index (χ0n) is 17.5. The Morgan fingerprint density at radius 1 is 0.828 bits per heavy atom. The first kappa shape index (κ1) is 21.6. The zero-order chi connectivity index (χ0) is 20.5. The van der Waals surface area contributed by atoms with Crippen LogP contribution in [0.3, 0.4) is 0 Å². The average Bonchev–Trinajstić information content (AvgIpc) is 2.79. The van der Waals surface area contributed by atoms with Crippen LogP contribution in [0.25, 0.3) is 0 Å². The van der Waals surface area contributed by atoms with Crippen molar-refractivity contribution in [3.63, 3.8) is 0 Å². The van der Waals surface area contributed by atoms with Gasteiger partial charge in [-0.15, -0.1) is 0 Å². The van der Waals surface area contributed by atoms with Crippen molar-refractivity contribution in [2.45, 2.75) is 83.0 Å². The van der Waals surface area contributed by atoms with Gasteiger partial charge in [-0.2, -0.15) is 14.9 Å². The van der Waals surface area contributed by atoms with E-state index in [1.54, 1.807) is 6.07 Å². The molecule has 0 aliphatic heterocycles. The molecule has 2 nitrogen and oxygen atoms in total. The normalized spacial score (nSPS) is 27.8. The van der Waals surface area contributed by atoms with E-state index >= 15 is 0 Å². The maximum atomic E-state index is 12.9. The number of nitrogens with zero attached hydrogens (tertiary/aromatic N) is 2. The summed E-state index contributed by atoms with van der Waals surface area (Å²) >= 11 is 0. The third-order valence-corrected chi connectivity index (χ3v) is 7.31. The van der Waals surface area contributed by atoms with Gasteiger partial charge >= 0.3 is 0 Å². The molecule has 1 aromatic carbocycles. The van der Waals surface area contributed by atoms with Gasteiger partial charge in [0, 0.05) is 0 Å². The summed E-state index contributed by atoms with van der Waals surface area (Å²) in [5.41, 5.74) is 2.16. The van der Waals surface area contributed by atoms with E-state index in [4.69, 9.17) is 10.5 Å². The van der Waals surface area contributed by atoms with Gasteiger partial charge in [0.2, 0.25) is 0 Å². The number of rotatable bonds is 7. The Labute approximate surface area is 175 Å². The molecule has 29 heavy (non-hydrogen) atoms. The quantitative estimate of drug-likeness (QED) is 0.449. The number of hydrogen-bond acceptors (Lipinski definition) is 2. The van der Waals surface area contributed by atoms with Crippen LogP contribution in [0.1, 0.15) is 94.1 Å². The largest absolute Gasteiger partial charge is 0.196 e. The standard InChI is InChI=1S/C26H33FN2/c27-26(19-29)3-1-2-20-4-6-21(7-5-20)8-9-22-10-14-24(15-11-22)25-16-12-23(18-28)13-17-25/h3,12-13,16-17,20-22,24H,1-2,4-11,14-15H2/t20-,21-,22-,24-. The molecule has 0 spiro atoms. The Kier molecular flexibility index (Phi) is 8.30. The second-order valence-corrected chi connectivity index (χ2v) is 9.16. The molecule has 0 atom stereocenters. The number of benzene rings is 1. The van der Waals surface area contributed by atoms with Crippen LogP contribution in [0.4, 0.5) is 4.39 Å². The first-order valence-corrected chi connectivity index (χ1v) is 11.4. The Morgan fingerprint density at radius 2 is 1.34 bits per heavy atom. The molecule has 2 aliphatic carbocycles. The summed E-state index contributed by atoms with van der Waals surface area (Å²) in [6, 6.07) is 12.0. The number of allylic oxidation sites excluding steroid dienone is 2. The minimum absolute atomic E-state index is 0.632. The lowest BCUT2D eigenvalue weighted by atomic mass is 9.74. The first-order valence-electron chi connectivity index (χ1n) is 11.4. The summed E-state index contributed by atoms with van der Waals surface area (Å²) in [5.74, 6) is 2.54. The van der Waals surface area contributed by atoms with E-state index < -0.39 is 5.83 Å². The van der Waals surface area contributed by atoms with Crippen LogP contribution in [-0.4, -0.2) is 0 Å². The van der Waals surface area contributed by atoms with E-state index in [2.05, 4.69) is 18.2 Å². The van der Waals surface area contributed by atoms with Gasteiger partial charge in [0.15, 0.2) is 5.83 Å². The van der Waals surface area contributed by atoms with Gasteiger partial charge in [0.25, 0.3) is 0 Å². The molecule has 3 rings (SSSR count). The van der Waals surface area contributed by atoms with E-state index in [9.17, 15) is 4.39 Å². The molecule has 0 heterocycles. The molecule has 0 unspecified atom stereocenters. The van der Waals surface area contributed by atoms with Crippen LogP contribution >= 0.6 is 0 Å². The van der Waals surface area contributed by atoms with Crippen molar-refractivity contribution in [2.75, 3.05) is 0 Å². The summed E-state index contributed by atoms with van der Waals surface area (Å²) < 4.78 is 12.9. The molecule has 0 N–H and O–H groups in total. The fraction of sp³-hybridized carbons (Fsp3) is 0.615. The summed E-state index contributed by atoms with van der Waals surface area (Å²) in [4.78, 5) is 0. The predicted molar refractivity (Wildman–Crippen MR) is 115 cm³/mol. The zero-order valence-corrected chi connectivity index (χ0v) is 17.5. The average molecular weight is 393 g/mol. The lowest BCUT2D eigenvalue weighted by Gasteiger charge is -2.32. The molecule has 0 aromatic heterocycles. The van der Waals surface area contributed by atoms with E-state index in [0.29, 0.717) is 12.3 Å². The highest BCUT2D eigenvalue weighted by molar-refractivity contribution is 5.33. The van der Waals surface area contributed by atoms with Crippen LogP contribution < -0.4 is 0 Å². The predicted octanol–water partition coefficient (Wildman–Crippen LogP) is 7.58. The highest BCUT2D eigenvalue weighted by Gasteiger charge is 2.25. The SMILES string of the molecule is N#CC(F)=CCC[C@H]1CC[C@H](CC[C@H]2CC[C@H](c3ccc(C#N)cc3)CC2)CC1. The summed E-state index contributed by atoms with van der Waals surface area (Å²) in [6.07, 6.45) is 16.4. The number of halogens is 1. The van der Waals surface area contributed by atoms with Gasteiger partial charge in [-0.3, -0.25) is 0 Å². The Hall–Kier alpha value is -2.13. The van der Waals surface area contributed by atoms with Crippen molar-refractivity contribution >= 4 is 0 Å². The number of nitriles is 2. The fourth-order valence-electron chi connectivity index (χ4n) is 5.39. The van der Waals surface area contributed by atoms with Crippen LogP contribution in [0.2, 0.25) is 0 Å². The Balaban J connectivity index is 1.31. The van der Waals surface area contributed by atoms with Crippen molar-refractivity contribution in [3.8, 4) is 12.1 Å². The minimum Gasteiger partial charge on any atom is -0.195 e. The van der Waals surface area contributed by atoms with Gasteiger partial charge in [0.1, 0.15) is 6.07 Å². The van der Waals surface area contributed by atoms with Crippen LogP contribution in [0.15, 0.2) is 36.2 Å². The molecule has 0 radical (unpaired) electrons. The van der Waals surface area contributed by atoms with Crippen molar-refractivity contribution < 1.29 is 4.39 Å². The summed E-state index contributed by atoms with van der Waals surface area (Å²) in [5, 5.41) is 17.4. The van der Waals surface area contributed by atoms with E-state index in [1.165, 1.54) is 75.8 Å². The van der Waals surface area contributed by atoms with E-state index in [0.717, 1.165) is 29.7 Å². The lowest BCUT2D eigenvalue weighted by Crippen LogP contribution is -2.17. The van der Waals surface area contributed by atoms with Crippen LogP contribution in [0.5, 0.6) is 0 Å². The highest BCUT2D eigenvalue weighted by Crippen LogP contribution is 2.40. The minimum atomic E-state index is -0.632. The van der Waals surface area contributed by atoms with Gasteiger partial charge in [-0.1, -0.05) is 50.7 Å². The molecule has 1 aromatic rings. The third-order valence-electron chi connectivity index (χ3n) is 7.31. The third kappa shape index (κ3) is 6.71. The monoisotopic (exact) mass is 392 g/mol. The molecule has 3 heteroatoms. The molecule has 0 saturated heterocycles. The smallest absolute Gasteiger partial charge is 0.195 e. The first-order chi connectivity index (χ1) is 14.2. The molecule has 2 saturated carbocycles. The van der Waals surface area contributed by atoms with Crippen molar-refractivity contribution in [1.29, 1.82) is 10.5 Å². The van der Waals surface area contributed by atoms with E-state index in [1.807, 2.05) is 12.1 Å². The molecule has 154 valence electrons. The van der Waals surface area contributed by atoms with Crippen LogP contribution in [-0.2, 0) is 0 Å². The molecule has 0 amide bonds. The number of hydrogen-bond donors (Lipinski definition) is 0. The fourth-order valence-corrected chi connectivity index (χ4v) is 5.39. The molecule has 2 fully saturated rings. The van der Waals surface area contributed by atoms with Gasteiger partial charge in [-0.25, -0.2) is 0 Å². The molecule has 0 bridgehead atoms. The maximum Gasteiger partial charge on any atom is 0.196 e. The van der Waals surface area contributed by atoms with Crippen molar-refractivity contribution in [2.24, 2.45) is 17.8 Å². The van der Waals surface area contributed by atoms with Gasteiger partial charge < -0.3 is 0 Å². The van der Waals surface area contributed by atoms with Crippen molar-refractivity contribution in [3.05, 3.63) is 47.3 Å². The van der Waals surface area contributed by atoms with Gasteiger partial charge in [0.05, 0.1) is 11.6 Å². The molecular formula is C26H33FN2. The summed E-state index contributed by atoms with van der Waals surface area (Å²) in [7, 11) is 0. The van der Waals surface area contributed by atoms with E-state index in [-0.39, 0.29) is 0 Å². The Bertz CT molecular complexity index is 736. The van der Waals surface area contributed by atoms with Crippen molar-refractivity contribution in [1.82, 2.24) is 0 Å². The Morgan fingerprint density at radius 3 is 1.86 bits per heavy atom. The second kappa shape index (κ2) is 11.2. The van der Waals surface area contributed by atoms with Crippen LogP contribution in [0, 0.1) is 40.4 Å². The second-order valence-electron chi connectivity index (χ2n) is 9.16. The topological polar surface area (TPSA) is 47.6 Å². The maximum absolute atomic E-state index is 12.9. The molecular weight excluding hydrogens is 359 g/mol. The molecule has 2 aliphatic rings.